The highest BCUT2D eigenvalue weighted by Crippen LogP contribution is 2.37. The second-order valence-electron chi connectivity index (χ2n) is 14.1. The van der Waals surface area contributed by atoms with Crippen molar-refractivity contribution in [3.63, 3.8) is 0 Å². The molecule has 4 amide bonds. The van der Waals surface area contributed by atoms with Gasteiger partial charge in [0.2, 0.25) is 5.91 Å². The van der Waals surface area contributed by atoms with Crippen molar-refractivity contribution in [3.05, 3.63) is 119 Å². The average Bonchev–Trinajstić information content (AvgIpc) is 3.82. The Kier molecular flexibility index (Phi) is 10.9. The number of likely N-dealkylation sites (N-methyl/N-ethyl adjacent to an activating group) is 1. The van der Waals surface area contributed by atoms with Crippen LogP contribution in [0.5, 0.6) is 0 Å². The van der Waals surface area contributed by atoms with Crippen molar-refractivity contribution in [1.29, 1.82) is 0 Å². The molecule has 1 unspecified atom stereocenters. The summed E-state index contributed by atoms with van der Waals surface area (Å²) in [6.45, 7) is 4.50. The smallest absolute Gasteiger partial charge is 0.270 e. The summed E-state index contributed by atoms with van der Waals surface area (Å²) >= 11 is 0. The summed E-state index contributed by atoms with van der Waals surface area (Å²) in [6.07, 6.45) is 6.33. The molecule has 4 N–H and O–H groups in total. The SMILES string of the molecule is CNC(=O)c1c[nH]c2c(C(C)C)cc(-c3cccc4cc(-c5ccc(C(=O)NCC#Cc6cccc7c6CN(C(CCC=O)C(=O)NC)C7=O)nc5)ncc34)cc12. The fourth-order valence-electron chi connectivity index (χ4n) is 7.35. The molecule has 12 heteroatoms. The molecule has 4 heterocycles. The first-order valence-electron chi connectivity index (χ1n) is 18.7. The van der Waals surface area contributed by atoms with E-state index in [0.29, 0.717) is 27.9 Å². The Morgan fingerprint density at radius 1 is 0.912 bits per heavy atom. The van der Waals surface area contributed by atoms with Crippen LogP contribution in [0.2, 0.25) is 0 Å². The second kappa shape index (κ2) is 16.3. The van der Waals surface area contributed by atoms with Crippen molar-refractivity contribution in [2.45, 2.75) is 45.2 Å². The summed E-state index contributed by atoms with van der Waals surface area (Å²) in [7, 11) is 3.13. The minimum Gasteiger partial charge on any atom is -0.360 e. The molecule has 0 radical (unpaired) electrons. The third-order valence-electron chi connectivity index (χ3n) is 10.3. The van der Waals surface area contributed by atoms with Gasteiger partial charge in [-0.2, -0.15) is 0 Å². The summed E-state index contributed by atoms with van der Waals surface area (Å²) in [6, 6.07) is 20.2. The zero-order valence-corrected chi connectivity index (χ0v) is 32.0. The number of hydrogen-bond acceptors (Lipinski definition) is 7. The Morgan fingerprint density at radius 3 is 2.46 bits per heavy atom. The van der Waals surface area contributed by atoms with Gasteiger partial charge in [-0.3, -0.25) is 29.1 Å². The molecule has 286 valence electrons. The number of nitrogens with one attached hydrogen (secondary N) is 4. The van der Waals surface area contributed by atoms with E-state index in [-0.39, 0.29) is 55.3 Å². The minimum atomic E-state index is -0.773. The molecule has 0 bridgehead atoms. The summed E-state index contributed by atoms with van der Waals surface area (Å²) in [5.74, 6) is 5.08. The standard InChI is InChI=1S/C45H41N7O5/c1-26(2)33-19-30(20-34-36(42(54)46-3)24-51-41(33)34)31-12-6-10-28-21-39(50-23-35(28)31)29-15-16-38(49-22-29)43(55)48-17-7-11-27-9-5-13-32-37(27)25-52(45(32)57)40(14-8-18-53)44(56)47-4/h5-6,9-10,12-13,15-16,18-24,26,40,51H,8,14,17,25H2,1-4H3,(H,46,54)(H,47,56)(H,48,55). The Bertz CT molecular complexity index is 2630. The predicted molar refractivity (Wildman–Crippen MR) is 218 cm³/mol. The normalized spacial score (nSPS) is 12.6. The molecule has 0 aliphatic carbocycles. The Labute approximate surface area is 329 Å². The monoisotopic (exact) mass is 759 g/mol. The van der Waals surface area contributed by atoms with Crippen LogP contribution >= 0.6 is 0 Å². The topological polar surface area (TPSA) is 166 Å². The van der Waals surface area contributed by atoms with Gasteiger partial charge in [0, 0.05) is 78.6 Å². The minimum absolute atomic E-state index is 0.0428. The lowest BCUT2D eigenvalue weighted by molar-refractivity contribution is -0.125. The van der Waals surface area contributed by atoms with Crippen LogP contribution in [0.15, 0.2) is 85.3 Å². The number of hydrogen-bond donors (Lipinski definition) is 4. The maximum atomic E-state index is 13.2. The molecule has 0 fully saturated rings. The molecule has 7 rings (SSSR count). The van der Waals surface area contributed by atoms with Crippen LogP contribution in [-0.4, -0.2) is 76.4 Å². The van der Waals surface area contributed by atoms with E-state index >= 15 is 0 Å². The van der Waals surface area contributed by atoms with E-state index in [1.54, 1.807) is 49.8 Å². The summed E-state index contributed by atoms with van der Waals surface area (Å²) in [5, 5.41) is 10.9. The molecule has 3 aromatic carbocycles. The van der Waals surface area contributed by atoms with E-state index in [1.807, 2.05) is 24.4 Å². The van der Waals surface area contributed by atoms with Crippen LogP contribution < -0.4 is 16.0 Å². The zero-order valence-electron chi connectivity index (χ0n) is 32.0. The van der Waals surface area contributed by atoms with Gasteiger partial charge >= 0.3 is 0 Å². The van der Waals surface area contributed by atoms with E-state index in [1.165, 1.54) is 11.9 Å². The number of aromatic nitrogens is 3. The van der Waals surface area contributed by atoms with Crippen LogP contribution in [0.4, 0.5) is 0 Å². The van der Waals surface area contributed by atoms with Gasteiger partial charge in [0.15, 0.2) is 0 Å². The fourth-order valence-corrected chi connectivity index (χ4v) is 7.35. The molecule has 3 aromatic heterocycles. The Morgan fingerprint density at radius 2 is 1.72 bits per heavy atom. The molecule has 1 atom stereocenters. The van der Waals surface area contributed by atoms with Gasteiger partial charge in [-0.1, -0.05) is 50.0 Å². The van der Waals surface area contributed by atoms with Gasteiger partial charge in [-0.05, 0) is 82.4 Å². The number of aldehydes is 1. The maximum Gasteiger partial charge on any atom is 0.270 e. The van der Waals surface area contributed by atoms with Crippen LogP contribution in [0.1, 0.15) is 80.5 Å². The van der Waals surface area contributed by atoms with Crippen LogP contribution in [0.3, 0.4) is 0 Å². The van der Waals surface area contributed by atoms with Crippen molar-refractivity contribution >= 4 is 51.6 Å². The number of rotatable bonds is 11. The highest BCUT2D eigenvalue weighted by molar-refractivity contribution is 6.09. The molecule has 0 saturated carbocycles. The van der Waals surface area contributed by atoms with E-state index in [4.69, 9.17) is 4.98 Å². The van der Waals surface area contributed by atoms with E-state index in [9.17, 15) is 24.0 Å². The van der Waals surface area contributed by atoms with Crippen molar-refractivity contribution in [2.24, 2.45) is 0 Å². The highest BCUT2D eigenvalue weighted by Gasteiger charge is 2.36. The van der Waals surface area contributed by atoms with E-state index in [2.05, 4.69) is 69.8 Å². The quantitative estimate of drug-likeness (QED) is 0.0963. The van der Waals surface area contributed by atoms with Crippen LogP contribution in [0, 0.1) is 11.8 Å². The molecular weight excluding hydrogens is 719 g/mol. The van der Waals surface area contributed by atoms with Crippen molar-refractivity contribution in [2.75, 3.05) is 20.6 Å². The maximum absolute atomic E-state index is 13.2. The van der Waals surface area contributed by atoms with Crippen molar-refractivity contribution in [1.82, 2.24) is 35.8 Å². The van der Waals surface area contributed by atoms with Gasteiger partial charge in [0.05, 0.1) is 17.8 Å². The largest absolute Gasteiger partial charge is 0.360 e. The molecular formula is C45H41N7O5. The van der Waals surface area contributed by atoms with Crippen molar-refractivity contribution < 1.29 is 24.0 Å². The molecule has 57 heavy (non-hydrogen) atoms. The number of benzene rings is 3. The first-order chi connectivity index (χ1) is 27.6. The zero-order chi connectivity index (χ0) is 40.2. The van der Waals surface area contributed by atoms with Gasteiger partial charge < -0.3 is 30.6 Å². The molecule has 0 saturated heterocycles. The average molecular weight is 760 g/mol. The van der Waals surface area contributed by atoms with Crippen LogP contribution in [0.25, 0.3) is 44.1 Å². The molecule has 1 aliphatic rings. The number of pyridine rings is 2. The number of amides is 4. The number of nitrogens with zero attached hydrogens (tertiary/aromatic N) is 3. The lowest BCUT2D eigenvalue weighted by Gasteiger charge is -2.25. The number of aromatic amines is 1. The highest BCUT2D eigenvalue weighted by atomic mass is 16.2. The number of carbonyl (C=O) groups excluding carboxylic acids is 5. The fraction of sp³-hybridized carbons (Fsp3) is 0.222. The van der Waals surface area contributed by atoms with E-state index in [0.717, 1.165) is 50.2 Å². The Balaban J connectivity index is 1.05. The summed E-state index contributed by atoms with van der Waals surface area (Å²) < 4.78 is 0. The number of H-pyrrole nitrogens is 1. The van der Waals surface area contributed by atoms with Crippen LogP contribution in [-0.2, 0) is 16.1 Å². The van der Waals surface area contributed by atoms with Gasteiger partial charge in [0.25, 0.3) is 17.7 Å². The number of fused-ring (bicyclic) bond motifs is 3. The summed E-state index contributed by atoms with van der Waals surface area (Å²) in [4.78, 5) is 76.4. The lowest BCUT2D eigenvalue weighted by Crippen LogP contribution is -2.46. The predicted octanol–water partition coefficient (Wildman–Crippen LogP) is 5.76. The van der Waals surface area contributed by atoms with E-state index < -0.39 is 11.9 Å². The summed E-state index contributed by atoms with van der Waals surface area (Å²) in [5.41, 5.74) is 8.12. The third-order valence-corrected chi connectivity index (χ3v) is 10.3. The van der Waals surface area contributed by atoms with Gasteiger partial charge in [-0.25, -0.2) is 0 Å². The Hall–Kier alpha value is -7.13. The third kappa shape index (κ3) is 7.47. The molecule has 12 nitrogen and oxygen atoms in total. The first kappa shape index (κ1) is 38.2. The molecule has 0 spiro atoms. The van der Waals surface area contributed by atoms with Gasteiger partial charge in [-0.15, -0.1) is 0 Å². The molecule has 1 aliphatic heterocycles. The number of carbonyl (C=O) groups is 5. The van der Waals surface area contributed by atoms with Crippen molar-refractivity contribution in [3.8, 4) is 34.2 Å². The lowest BCUT2D eigenvalue weighted by atomic mass is 9.91. The second-order valence-corrected chi connectivity index (χ2v) is 14.1. The van der Waals surface area contributed by atoms with Gasteiger partial charge in [0.1, 0.15) is 18.0 Å². The first-order valence-corrected chi connectivity index (χ1v) is 18.7. The molecule has 6 aromatic rings.